The molecule has 3 fully saturated rings. The number of carbonyl (C=O) groups excluding carboxylic acids is 2. The van der Waals surface area contributed by atoms with Crippen LogP contribution in [-0.4, -0.2) is 88.9 Å². The number of nitrogens with zero attached hydrogens (tertiary/aromatic N) is 5. The summed E-state index contributed by atoms with van der Waals surface area (Å²) in [7, 11) is 2.18. The van der Waals surface area contributed by atoms with Gasteiger partial charge in [0.25, 0.3) is 0 Å². The van der Waals surface area contributed by atoms with E-state index in [2.05, 4.69) is 101 Å². The van der Waals surface area contributed by atoms with Crippen LogP contribution >= 0.6 is 0 Å². The van der Waals surface area contributed by atoms with E-state index in [1.54, 1.807) is 0 Å². The van der Waals surface area contributed by atoms with E-state index in [9.17, 15) is 9.59 Å². The zero-order valence-corrected chi connectivity index (χ0v) is 31.3. The third-order valence-corrected chi connectivity index (χ3v) is 11.2. The van der Waals surface area contributed by atoms with Gasteiger partial charge in [-0.15, -0.1) is 0 Å². The normalized spacial score (nSPS) is 18.0. The Balaban J connectivity index is 1.02. The Morgan fingerprint density at radius 3 is 2.40 bits per heavy atom. The minimum absolute atomic E-state index is 0.213. The average Bonchev–Trinajstić information content (AvgIpc) is 3.88. The van der Waals surface area contributed by atoms with Crippen molar-refractivity contribution in [1.29, 1.82) is 0 Å². The van der Waals surface area contributed by atoms with Crippen molar-refractivity contribution in [3.8, 4) is 11.1 Å². The quantitative estimate of drug-likeness (QED) is 0.166. The van der Waals surface area contributed by atoms with Gasteiger partial charge < -0.3 is 25.6 Å². The summed E-state index contributed by atoms with van der Waals surface area (Å²) in [5.74, 6) is -0.439. The van der Waals surface area contributed by atoms with Gasteiger partial charge in [-0.2, -0.15) is 5.10 Å². The second-order valence-corrected chi connectivity index (χ2v) is 14.9. The Morgan fingerprint density at radius 1 is 0.942 bits per heavy atom. The number of likely N-dealkylation sites (N-methyl/N-ethyl adjacent to an activating group) is 1. The number of benzene rings is 2. The smallest absolute Gasteiger partial charge is 0.235 e. The highest BCUT2D eigenvalue weighted by Gasteiger charge is 2.56. The van der Waals surface area contributed by atoms with Crippen LogP contribution in [0.1, 0.15) is 67.5 Å². The number of hydrogen-bond donors (Lipinski definition) is 3. The number of hydrogen-bond acceptors (Lipinski definition) is 8. The number of amides is 2. The highest BCUT2D eigenvalue weighted by atomic mass is 16.5. The highest BCUT2D eigenvalue weighted by molar-refractivity contribution is 6.08. The second kappa shape index (κ2) is 15.7. The van der Waals surface area contributed by atoms with Gasteiger partial charge in [0, 0.05) is 82.9 Å². The highest BCUT2D eigenvalue weighted by Crippen LogP contribution is 2.46. The van der Waals surface area contributed by atoms with E-state index in [1.165, 1.54) is 16.7 Å². The summed E-state index contributed by atoms with van der Waals surface area (Å²) in [5, 5.41) is 15.6. The van der Waals surface area contributed by atoms with E-state index in [-0.39, 0.29) is 24.4 Å². The first-order valence-electron chi connectivity index (χ1n) is 19.2. The van der Waals surface area contributed by atoms with E-state index < -0.39 is 5.41 Å². The standard InChI is InChI=1S/C41H54N8O3/c1-5-36-34(37(45-32-12-20-52-21-13-32)35-26-44-49(6-2)38(35)46-36)25-43-40(51)41(14-15-41)39(50)42-24-29-11-10-28(3)33(23-29)31-9-7-8-30(22-31)27-48-18-16-47(4)17-19-48/h7-11,22-23,26,32H,5-6,12-21,24-25,27H2,1-4H3,(H,42,50)(H,43,51)(H,45,46). The molecule has 0 spiro atoms. The summed E-state index contributed by atoms with van der Waals surface area (Å²) in [4.78, 5) is 37.4. The van der Waals surface area contributed by atoms with E-state index in [0.29, 0.717) is 25.8 Å². The lowest BCUT2D eigenvalue weighted by atomic mass is 9.96. The molecule has 2 aliphatic heterocycles. The van der Waals surface area contributed by atoms with Crippen LogP contribution in [0.25, 0.3) is 22.2 Å². The Bertz CT molecular complexity index is 1900. The molecule has 0 unspecified atom stereocenters. The lowest BCUT2D eigenvalue weighted by Gasteiger charge is -2.32. The molecule has 2 saturated heterocycles. The summed E-state index contributed by atoms with van der Waals surface area (Å²) >= 11 is 0. The first-order valence-corrected chi connectivity index (χ1v) is 19.2. The topological polar surface area (TPSA) is 117 Å². The molecule has 1 aliphatic carbocycles. The number of aromatic nitrogens is 3. The molecule has 7 rings (SSSR count). The fraction of sp³-hybridized carbons (Fsp3) is 0.512. The van der Waals surface area contributed by atoms with Gasteiger partial charge in [0.2, 0.25) is 11.8 Å². The monoisotopic (exact) mass is 706 g/mol. The van der Waals surface area contributed by atoms with Crippen LogP contribution < -0.4 is 16.0 Å². The van der Waals surface area contributed by atoms with Crippen molar-refractivity contribution in [2.45, 2.75) is 85.1 Å². The van der Waals surface area contributed by atoms with E-state index in [1.807, 2.05) is 10.9 Å². The van der Waals surface area contributed by atoms with E-state index in [0.717, 1.165) is 104 Å². The molecule has 52 heavy (non-hydrogen) atoms. The molecular formula is C41H54N8O3. The molecule has 4 aromatic rings. The molecule has 3 aliphatic rings. The van der Waals surface area contributed by atoms with Gasteiger partial charge >= 0.3 is 0 Å². The van der Waals surface area contributed by atoms with Crippen molar-refractivity contribution in [3.63, 3.8) is 0 Å². The van der Waals surface area contributed by atoms with Gasteiger partial charge in [0.1, 0.15) is 5.41 Å². The van der Waals surface area contributed by atoms with Gasteiger partial charge in [0.15, 0.2) is 5.65 Å². The third-order valence-electron chi connectivity index (χ3n) is 11.2. The Hall–Kier alpha value is -4.32. The summed E-state index contributed by atoms with van der Waals surface area (Å²) in [6, 6.07) is 15.4. The van der Waals surface area contributed by atoms with E-state index in [4.69, 9.17) is 9.72 Å². The molecule has 1 saturated carbocycles. The lowest BCUT2D eigenvalue weighted by Crippen LogP contribution is -2.43. The summed E-state index contributed by atoms with van der Waals surface area (Å²) in [5.41, 5.74) is 8.52. The van der Waals surface area contributed by atoms with Crippen molar-refractivity contribution in [2.24, 2.45) is 5.41 Å². The van der Waals surface area contributed by atoms with Gasteiger partial charge in [0.05, 0.1) is 17.3 Å². The summed E-state index contributed by atoms with van der Waals surface area (Å²) in [6.45, 7) is 14.4. The Kier molecular flexibility index (Phi) is 10.9. The zero-order valence-electron chi connectivity index (χ0n) is 31.3. The minimum atomic E-state index is -1.05. The molecule has 0 radical (unpaired) electrons. The number of fused-ring (bicyclic) bond motifs is 1. The molecule has 0 atom stereocenters. The molecule has 2 aromatic carbocycles. The summed E-state index contributed by atoms with van der Waals surface area (Å²) < 4.78 is 7.53. The van der Waals surface area contributed by atoms with Crippen molar-refractivity contribution in [1.82, 2.24) is 35.2 Å². The van der Waals surface area contributed by atoms with Gasteiger partial charge in [-0.05, 0) is 92.9 Å². The largest absolute Gasteiger partial charge is 0.381 e. The molecule has 3 N–H and O–H groups in total. The number of rotatable bonds is 13. The Morgan fingerprint density at radius 2 is 1.69 bits per heavy atom. The summed E-state index contributed by atoms with van der Waals surface area (Å²) in [6.07, 6.45) is 5.48. The maximum atomic E-state index is 13.8. The first kappa shape index (κ1) is 36.1. The number of aryl methyl sites for hydroxylation is 3. The van der Waals surface area contributed by atoms with Crippen molar-refractivity contribution in [2.75, 3.05) is 51.8 Å². The number of pyridine rings is 1. The van der Waals surface area contributed by atoms with Crippen LogP contribution in [0.3, 0.4) is 0 Å². The van der Waals surface area contributed by atoms with Gasteiger partial charge in [-0.1, -0.05) is 37.3 Å². The van der Waals surface area contributed by atoms with Crippen LogP contribution in [-0.2, 0) is 46.9 Å². The molecule has 2 aromatic heterocycles. The van der Waals surface area contributed by atoms with Gasteiger partial charge in [-0.25, -0.2) is 9.67 Å². The van der Waals surface area contributed by atoms with Gasteiger partial charge in [-0.3, -0.25) is 14.5 Å². The van der Waals surface area contributed by atoms with Crippen molar-refractivity contribution < 1.29 is 14.3 Å². The average molecular weight is 707 g/mol. The molecule has 2 amide bonds. The Labute approximate surface area is 307 Å². The molecule has 276 valence electrons. The van der Waals surface area contributed by atoms with Crippen molar-refractivity contribution in [3.05, 3.63) is 76.6 Å². The van der Waals surface area contributed by atoms with Crippen LogP contribution in [0, 0.1) is 12.3 Å². The predicted molar refractivity (Wildman–Crippen MR) is 205 cm³/mol. The second-order valence-electron chi connectivity index (χ2n) is 14.9. The molecule has 4 heterocycles. The lowest BCUT2D eigenvalue weighted by molar-refractivity contribution is -0.137. The number of carbonyl (C=O) groups is 2. The van der Waals surface area contributed by atoms with Crippen LogP contribution in [0.15, 0.2) is 48.7 Å². The number of piperazine rings is 1. The zero-order chi connectivity index (χ0) is 36.2. The van der Waals surface area contributed by atoms with Crippen LogP contribution in [0.5, 0.6) is 0 Å². The fourth-order valence-corrected chi connectivity index (χ4v) is 7.66. The van der Waals surface area contributed by atoms with Crippen molar-refractivity contribution >= 4 is 28.5 Å². The fourth-order valence-electron chi connectivity index (χ4n) is 7.66. The first-order chi connectivity index (χ1) is 25.3. The molecular weight excluding hydrogens is 653 g/mol. The maximum absolute atomic E-state index is 13.8. The number of nitrogens with one attached hydrogen (secondary N) is 3. The number of anilines is 1. The van der Waals surface area contributed by atoms with Crippen LogP contribution in [0.4, 0.5) is 5.69 Å². The van der Waals surface area contributed by atoms with E-state index >= 15 is 0 Å². The SMILES string of the molecule is CCc1nc2c(cnn2CC)c(NC2CCOCC2)c1CNC(=O)C1(C(=O)NCc2ccc(C)c(-c3cccc(CN4CCN(C)CC4)c3)c2)CC1. The van der Waals surface area contributed by atoms with Crippen LogP contribution in [0.2, 0.25) is 0 Å². The molecule has 11 nitrogen and oxygen atoms in total. The third kappa shape index (κ3) is 7.72. The predicted octanol–water partition coefficient (Wildman–Crippen LogP) is 5.04. The molecule has 0 bridgehead atoms. The minimum Gasteiger partial charge on any atom is -0.381 e. The maximum Gasteiger partial charge on any atom is 0.235 e. The number of ether oxygens (including phenoxy) is 1. The molecule has 11 heteroatoms.